The average molecular weight is 277 g/mol. The number of ether oxygens (including phenoxy) is 1. The van der Waals surface area contributed by atoms with E-state index in [9.17, 15) is 4.79 Å². The second kappa shape index (κ2) is 7.26. The van der Waals surface area contributed by atoms with Gasteiger partial charge in [-0.2, -0.15) is 0 Å². The number of likely N-dealkylation sites (tertiary alicyclic amines) is 1. The van der Waals surface area contributed by atoms with Gasteiger partial charge in [-0.3, -0.25) is 9.69 Å². The maximum Gasteiger partial charge on any atom is 0.238 e. The first-order chi connectivity index (χ1) is 9.71. The summed E-state index contributed by atoms with van der Waals surface area (Å²) < 4.78 is 5.37. The highest BCUT2D eigenvalue weighted by Crippen LogP contribution is 2.16. The number of anilines is 1. The largest absolute Gasteiger partial charge is 0.494 e. The Morgan fingerprint density at radius 2 is 2.15 bits per heavy atom. The summed E-state index contributed by atoms with van der Waals surface area (Å²) in [6, 6.07) is 7.97. The molecular formula is C15H23N3O2. The summed E-state index contributed by atoms with van der Waals surface area (Å²) in [6.45, 7) is 4.96. The minimum atomic E-state index is 0.0333. The van der Waals surface area contributed by atoms with Crippen LogP contribution in [0.2, 0.25) is 0 Å². The van der Waals surface area contributed by atoms with Crippen molar-refractivity contribution in [2.24, 2.45) is 0 Å². The van der Waals surface area contributed by atoms with Crippen molar-refractivity contribution in [2.75, 3.05) is 38.6 Å². The minimum absolute atomic E-state index is 0.0333. The third-order valence-corrected chi connectivity index (χ3v) is 3.50. The number of nitrogens with zero attached hydrogens (tertiary/aromatic N) is 1. The van der Waals surface area contributed by atoms with E-state index in [1.807, 2.05) is 38.2 Å². The molecule has 0 bridgehead atoms. The molecule has 1 aromatic carbocycles. The number of likely N-dealkylation sites (N-methyl/N-ethyl adjacent to an activating group) is 1. The third-order valence-electron chi connectivity index (χ3n) is 3.50. The number of hydrogen-bond donors (Lipinski definition) is 2. The fourth-order valence-electron chi connectivity index (χ4n) is 2.42. The van der Waals surface area contributed by atoms with Crippen LogP contribution in [-0.2, 0) is 4.79 Å². The molecule has 1 atom stereocenters. The summed E-state index contributed by atoms with van der Waals surface area (Å²) in [4.78, 5) is 14.1. The number of benzene rings is 1. The van der Waals surface area contributed by atoms with Crippen molar-refractivity contribution < 1.29 is 9.53 Å². The number of nitrogens with one attached hydrogen (secondary N) is 2. The molecule has 0 aliphatic carbocycles. The normalized spacial score (nSPS) is 19.0. The van der Waals surface area contributed by atoms with Gasteiger partial charge in [-0.15, -0.1) is 0 Å². The van der Waals surface area contributed by atoms with Crippen LogP contribution in [0, 0.1) is 0 Å². The van der Waals surface area contributed by atoms with Gasteiger partial charge in [0.15, 0.2) is 0 Å². The SMILES string of the molecule is CCOc1ccc(NC(=O)CN2CCC(NC)C2)cc1. The molecule has 2 rings (SSSR count). The predicted molar refractivity (Wildman–Crippen MR) is 80.1 cm³/mol. The molecule has 0 spiro atoms. The van der Waals surface area contributed by atoms with E-state index in [1.165, 1.54) is 0 Å². The van der Waals surface area contributed by atoms with Crippen LogP contribution in [0.5, 0.6) is 5.75 Å². The number of amides is 1. The second-order valence-electron chi connectivity index (χ2n) is 5.01. The fourth-order valence-corrected chi connectivity index (χ4v) is 2.42. The van der Waals surface area contributed by atoms with E-state index in [2.05, 4.69) is 15.5 Å². The Balaban J connectivity index is 1.79. The van der Waals surface area contributed by atoms with Gasteiger partial charge in [-0.25, -0.2) is 0 Å². The van der Waals surface area contributed by atoms with Crippen molar-refractivity contribution in [1.29, 1.82) is 0 Å². The maximum atomic E-state index is 12.0. The van der Waals surface area contributed by atoms with Crippen LogP contribution in [0.1, 0.15) is 13.3 Å². The first-order valence-electron chi connectivity index (χ1n) is 7.13. The van der Waals surface area contributed by atoms with Crippen LogP contribution in [0.25, 0.3) is 0 Å². The molecule has 0 aromatic heterocycles. The molecule has 2 N–H and O–H groups in total. The highest BCUT2D eigenvalue weighted by Gasteiger charge is 2.22. The van der Waals surface area contributed by atoms with Crippen molar-refractivity contribution >= 4 is 11.6 Å². The van der Waals surface area contributed by atoms with Crippen molar-refractivity contribution in [3.05, 3.63) is 24.3 Å². The van der Waals surface area contributed by atoms with Crippen LogP contribution in [0.4, 0.5) is 5.69 Å². The van der Waals surface area contributed by atoms with Crippen molar-refractivity contribution in [3.8, 4) is 5.75 Å². The monoisotopic (exact) mass is 277 g/mol. The number of hydrogen-bond acceptors (Lipinski definition) is 4. The quantitative estimate of drug-likeness (QED) is 0.823. The Hall–Kier alpha value is -1.59. The molecular weight excluding hydrogens is 254 g/mol. The van der Waals surface area contributed by atoms with E-state index in [1.54, 1.807) is 0 Å². The average Bonchev–Trinajstić information content (AvgIpc) is 2.89. The van der Waals surface area contributed by atoms with Gasteiger partial charge < -0.3 is 15.4 Å². The van der Waals surface area contributed by atoms with Crippen molar-refractivity contribution in [1.82, 2.24) is 10.2 Å². The van der Waals surface area contributed by atoms with Crippen molar-refractivity contribution in [2.45, 2.75) is 19.4 Å². The summed E-state index contributed by atoms with van der Waals surface area (Å²) in [5.41, 5.74) is 0.808. The molecule has 1 unspecified atom stereocenters. The second-order valence-corrected chi connectivity index (χ2v) is 5.01. The Labute approximate surface area is 120 Å². The smallest absolute Gasteiger partial charge is 0.238 e. The topological polar surface area (TPSA) is 53.6 Å². The molecule has 1 heterocycles. The van der Waals surface area contributed by atoms with Crippen LogP contribution < -0.4 is 15.4 Å². The van der Waals surface area contributed by atoms with Gasteiger partial charge in [-0.1, -0.05) is 0 Å². The lowest BCUT2D eigenvalue weighted by atomic mass is 10.3. The van der Waals surface area contributed by atoms with Gasteiger partial charge in [0.1, 0.15) is 5.75 Å². The van der Waals surface area contributed by atoms with E-state index in [0.29, 0.717) is 19.2 Å². The Bertz CT molecular complexity index is 433. The number of rotatable bonds is 6. The molecule has 5 nitrogen and oxygen atoms in total. The minimum Gasteiger partial charge on any atom is -0.494 e. The molecule has 110 valence electrons. The van der Waals surface area contributed by atoms with Crippen LogP contribution in [-0.4, -0.2) is 50.1 Å². The Morgan fingerprint density at radius 3 is 2.75 bits per heavy atom. The van der Waals surface area contributed by atoms with Gasteiger partial charge in [0, 0.05) is 24.8 Å². The zero-order chi connectivity index (χ0) is 14.4. The molecule has 1 aliphatic heterocycles. The van der Waals surface area contributed by atoms with Gasteiger partial charge in [0.25, 0.3) is 0 Å². The number of carbonyl (C=O) groups is 1. The van der Waals surface area contributed by atoms with Gasteiger partial charge in [0.2, 0.25) is 5.91 Å². The molecule has 1 fully saturated rings. The molecule has 1 amide bonds. The lowest BCUT2D eigenvalue weighted by Crippen LogP contribution is -2.34. The fraction of sp³-hybridized carbons (Fsp3) is 0.533. The molecule has 0 radical (unpaired) electrons. The van der Waals surface area contributed by atoms with E-state index < -0.39 is 0 Å². The van der Waals surface area contributed by atoms with E-state index in [4.69, 9.17) is 4.74 Å². The maximum absolute atomic E-state index is 12.0. The summed E-state index contributed by atoms with van der Waals surface area (Å²) in [5.74, 6) is 0.854. The predicted octanol–water partition coefficient (Wildman–Crippen LogP) is 1.32. The van der Waals surface area contributed by atoms with Gasteiger partial charge in [0.05, 0.1) is 13.2 Å². The highest BCUT2D eigenvalue weighted by molar-refractivity contribution is 5.92. The third kappa shape index (κ3) is 4.21. The number of carbonyl (C=O) groups excluding carboxylic acids is 1. The van der Waals surface area contributed by atoms with Crippen molar-refractivity contribution in [3.63, 3.8) is 0 Å². The summed E-state index contributed by atoms with van der Waals surface area (Å²) >= 11 is 0. The molecule has 20 heavy (non-hydrogen) atoms. The van der Waals surface area contributed by atoms with Crippen LogP contribution >= 0.6 is 0 Å². The van der Waals surface area contributed by atoms with Crippen LogP contribution in [0.15, 0.2) is 24.3 Å². The highest BCUT2D eigenvalue weighted by atomic mass is 16.5. The summed E-state index contributed by atoms with van der Waals surface area (Å²) in [6.07, 6.45) is 1.10. The molecule has 1 aromatic rings. The standard InChI is InChI=1S/C15H23N3O2/c1-3-20-14-6-4-12(5-7-14)17-15(19)11-18-9-8-13(10-18)16-2/h4-7,13,16H,3,8-11H2,1-2H3,(H,17,19). The lowest BCUT2D eigenvalue weighted by molar-refractivity contribution is -0.117. The van der Waals surface area contributed by atoms with Gasteiger partial charge in [-0.05, 0) is 44.7 Å². The summed E-state index contributed by atoms with van der Waals surface area (Å²) in [5, 5.41) is 6.16. The zero-order valence-corrected chi connectivity index (χ0v) is 12.2. The van der Waals surface area contributed by atoms with Crippen LogP contribution in [0.3, 0.4) is 0 Å². The molecule has 1 aliphatic rings. The van der Waals surface area contributed by atoms with E-state index >= 15 is 0 Å². The zero-order valence-electron chi connectivity index (χ0n) is 12.2. The Kier molecular flexibility index (Phi) is 5.38. The van der Waals surface area contributed by atoms with E-state index in [-0.39, 0.29) is 5.91 Å². The Morgan fingerprint density at radius 1 is 1.40 bits per heavy atom. The van der Waals surface area contributed by atoms with E-state index in [0.717, 1.165) is 30.9 Å². The molecule has 0 saturated carbocycles. The first kappa shape index (κ1) is 14.8. The first-order valence-corrected chi connectivity index (χ1v) is 7.13. The lowest BCUT2D eigenvalue weighted by Gasteiger charge is -2.15. The molecule has 5 heteroatoms. The summed E-state index contributed by atoms with van der Waals surface area (Å²) in [7, 11) is 1.97. The van der Waals surface area contributed by atoms with Gasteiger partial charge >= 0.3 is 0 Å². The molecule has 1 saturated heterocycles.